The van der Waals surface area contributed by atoms with Gasteiger partial charge in [-0.05, 0) is 50.7 Å². The van der Waals surface area contributed by atoms with Crippen LogP contribution in [0, 0.1) is 0 Å². The highest BCUT2D eigenvalue weighted by atomic mass is 35.5. The summed E-state index contributed by atoms with van der Waals surface area (Å²) in [6, 6.07) is 15.7. The molecule has 0 spiro atoms. The second kappa shape index (κ2) is 8.84. The molecule has 1 fully saturated rings. The summed E-state index contributed by atoms with van der Waals surface area (Å²) in [5.74, 6) is 0.822. The molecule has 0 aliphatic heterocycles. The van der Waals surface area contributed by atoms with E-state index in [1.54, 1.807) is 7.11 Å². The van der Waals surface area contributed by atoms with E-state index in [1.807, 2.05) is 50.5 Å². The van der Waals surface area contributed by atoms with Gasteiger partial charge >= 0.3 is 6.03 Å². The molecule has 2 amide bonds. The van der Waals surface area contributed by atoms with Crippen LogP contribution < -0.4 is 15.4 Å². The highest BCUT2D eigenvalue weighted by molar-refractivity contribution is 6.30. The van der Waals surface area contributed by atoms with E-state index in [4.69, 9.17) is 16.3 Å². The van der Waals surface area contributed by atoms with Gasteiger partial charge in [0.15, 0.2) is 0 Å². The molecule has 3 rings (SSSR count). The highest BCUT2D eigenvalue weighted by Gasteiger charge is 2.44. The van der Waals surface area contributed by atoms with E-state index in [9.17, 15) is 4.79 Å². The van der Waals surface area contributed by atoms with Crippen LogP contribution in [0.25, 0.3) is 0 Å². The maximum atomic E-state index is 12.4. The van der Waals surface area contributed by atoms with Crippen molar-refractivity contribution in [2.75, 3.05) is 34.3 Å². The number of nitrogens with one attached hydrogen (secondary N) is 2. The molecule has 0 bridgehead atoms. The molecule has 1 aliphatic rings. The van der Waals surface area contributed by atoms with Crippen LogP contribution in [0.1, 0.15) is 30.0 Å². The number of methoxy groups -OCH3 is 1. The van der Waals surface area contributed by atoms with Crippen LogP contribution in [0.15, 0.2) is 48.5 Å². The number of urea groups is 1. The Kier molecular flexibility index (Phi) is 6.47. The number of halogens is 1. The van der Waals surface area contributed by atoms with E-state index < -0.39 is 0 Å². The van der Waals surface area contributed by atoms with E-state index in [2.05, 4.69) is 27.7 Å². The molecule has 2 aromatic carbocycles. The third kappa shape index (κ3) is 4.78. The number of hydrogen-bond donors (Lipinski definition) is 2. The molecule has 0 saturated heterocycles. The minimum Gasteiger partial charge on any atom is -0.496 e. The molecular weight excluding hydrogens is 374 g/mol. The number of para-hydroxylation sites is 1. The Morgan fingerprint density at radius 3 is 2.43 bits per heavy atom. The third-order valence-electron chi connectivity index (χ3n) is 5.47. The molecule has 0 heterocycles. The molecule has 0 radical (unpaired) electrons. The molecule has 5 nitrogen and oxygen atoms in total. The van der Waals surface area contributed by atoms with Crippen LogP contribution in [-0.2, 0) is 5.41 Å². The van der Waals surface area contributed by atoms with E-state index in [-0.39, 0.29) is 17.5 Å². The van der Waals surface area contributed by atoms with Crippen molar-refractivity contribution in [3.05, 3.63) is 64.7 Å². The number of hydrogen-bond acceptors (Lipinski definition) is 3. The Balaban J connectivity index is 1.56. The maximum absolute atomic E-state index is 12.4. The average molecular weight is 402 g/mol. The Morgan fingerprint density at radius 2 is 1.82 bits per heavy atom. The van der Waals surface area contributed by atoms with Gasteiger partial charge in [-0.3, -0.25) is 0 Å². The first-order valence-corrected chi connectivity index (χ1v) is 9.90. The lowest BCUT2D eigenvalue weighted by molar-refractivity contribution is 0.231. The Morgan fingerprint density at radius 1 is 1.14 bits per heavy atom. The summed E-state index contributed by atoms with van der Waals surface area (Å²) in [4.78, 5) is 14.5. The fourth-order valence-corrected chi connectivity index (χ4v) is 3.66. The molecule has 6 heteroatoms. The van der Waals surface area contributed by atoms with Gasteiger partial charge in [0.2, 0.25) is 0 Å². The van der Waals surface area contributed by atoms with Gasteiger partial charge in [-0.1, -0.05) is 41.9 Å². The molecule has 1 atom stereocenters. The number of amides is 2. The molecule has 1 aliphatic carbocycles. The summed E-state index contributed by atoms with van der Waals surface area (Å²) < 4.78 is 5.48. The first-order chi connectivity index (χ1) is 13.4. The van der Waals surface area contributed by atoms with Crippen molar-refractivity contribution < 1.29 is 9.53 Å². The zero-order valence-electron chi connectivity index (χ0n) is 16.7. The van der Waals surface area contributed by atoms with E-state index in [0.29, 0.717) is 13.1 Å². The Bertz CT molecular complexity index is 804. The van der Waals surface area contributed by atoms with Crippen LogP contribution in [-0.4, -0.2) is 45.2 Å². The van der Waals surface area contributed by atoms with E-state index in [1.165, 1.54) is 5.56 Å². The monoisotopic (exact) mass is 401 g/mol. The van der Waals surface area contributed by atoms with Crippen LogP contribution in [0.5, 0.6) is 5.75 Å². The van der Waals surface area contributed by atoms with Crippen molar-refractivity contribution in [3.8, 4) is 5.75 Å². The minimum absolute atomic E-state index is 0.0213. The zero-order chi connectivity index (χ0) is 20.1. The van der Waals surface area contributed by atoms with Crippen LogP contribution in [0.3, 0.4) is 0 Å². The first-order valence-electron chi connectivity index (χ1n) is 9.52. The number of carbonyl (C=O) groups is 1. The van der Waals surface area contributed by atoms with Crippen LogP contribution in [0.4, 0.5) is 4.79 Å². The van der Waals surface area contributed by atoms with Crippen LogP contribution >= 0.6 is 11.6 Å². The lowest BCUT2D eigenvalue weighted by atomic mass is 9.96. The summed E-state index contributed by atoms with van der Waals surface area (Å²) in [6.07, 6.45) is 2.16. The van der Waals surface area contributed by atoms with Gasteiger partial charge in [-0.15, -0.1) is 0 Å². The van der Waals surface area contributed by atoms with Gasteiger partial charge in [0.05, 0.1) is 13.2 Å². The molecule has 2 aromatic rings. The normalized spacial score (nSPS) is 15.8. The standard InChI is InChI=1S/C22H28ClN3O2/c1-26(2)19(18-6-4-5-7-20(18)28-3)14-24-21(27)25-15-22(12-13-22)16-8-10-17(23)11-9-16/h4-11,19H,12-15H2,1-3H3,(H2,24,25,27). The van der Waals surface area contributed by atoms with Crippen molar-refractivity contribution in [2.45, 2.75) is 24.3 Å². The topological polar surface area (TPSA) is 53.6 Å². The number of ether oxygens (including phenoxy) is 1. The smallest absolute Gasteiger partial charge is 0.314 e. The molecule has 150 valence electrons. The maximum Gasteiger partial charge on any atom is 0.314 e. The summed E-state index contributed by atoms with van der Waals surface area (Å²) in [6.45, 7) is 1.12. The van der Waals surface area contributed by atoms with Gasteiger partial charge in [0.1, 0.15) is 5.75 Å². The Hall–Kier alpha value is -2.24. The Labute approximate surface area is 172 Å². The summed E-state index contributed by atoms with van der Waals surface area (Å²) in [7, 11) is 5.66. The second-order valence-corrected chi connectivity index (χ2v) is 8.01. The van der Waals surface area contributed by atoms with Crippen LogP contribution in [0.2, 0.25) is 5.02 Å². The largest absolute Gasteiger partial charge is 0.496 e. The van der Waals surface area contributed by atoms with E-state index >= 15 is 0 Å². The summed E-state index contributed by atoms with van der Waals surface area (Å²) in [5, 5.41) is 6.78. The molecule has 1 unspecified atom stereocenters. The lowest BCUT2D eigenvalue weighted by Gasteiger charge is -2.27. The first kappa shape index (κ1) is 20.5. The highest BCUT2D eigenvalue weighted by Crippen LogP contribution is 2.47. The van der Waals surface area contributed by atoms with Crippen molar-refractivity contribution in [1.82, 2.24) is 15.5 Å². The molecule has 0 aromatic heterocycles. The summed E-state index contributed by atoms with van der Waals surface area (Å²) in [5.41, 5.74) is 2.33. The van der Waals surface area contributed by atoms with Crippen molar-refractivity contribution in [1.29, 1.82) is 0 Å². The summed E-state index contributed by atoms with van der Waals surface area (Å²) >= 11 is 5.99. The number of likely N-dealkylation sites (N-methyl/N-ethyl adjacent to an activating group) is 1. The quantitative estimate of drug-likeness (QED) is 0.703. The van der Waals surface area contributed by atoms with Gasteiger partial charge in [0.25, 0.3) is 0 Å². The number of benzene rings is 2. The zero-order valence-corrected chi connectivity index (χ0v) is 17.4. The average Bonchev–Trinajstić information content (AvgIpc) is 3.48. The third-order valence-corrected chi connectivity index (χ3v) is 5.73. The van der Waals surface area contributed by atoms with E-state index in [0.717, 1.165) is 29.2 Å². The minimum atomic E-state index is -0.151. The van der Waals surface area contributed by atoms with Crippen molar-refractivity contribution in [2.24, 2.45) is 0 Å². The molecular formula is C22H28ClN3O2. The van der Waals surface area contributed by atoms with Crippen molar-refractivity contribution >= 4 is 17.6 Å². The van der Waals surface area contributed by atoms with Crippen molar-refractivity contribution in [3.63, 3.8) is 0 Å². The molecule has 2 N–H and O–H groups in total. The fraction of sp³-hybridized carbons (Fsp3) is 0.409. The van der Waals surface area contributed by atoms with Gasteiger partial charge in [-0.2, -0.15) is 0 Å². The SMILES string of the molecule is COc1ccccc1C(CNC(=O)NCC1(c2ccc(Cl)cc2)CC1)N(C)C. The number of nitrogens with zero attached hydrogens (tertiary/aromatic N) is 1. The molecule has 28 heavy (non-hydrogen) atoms. The van der Waals surface area contributed by atoms with Gasteiger partial charge in [0, 0.05) is 29.1 Å². The predicted octanol–water partition coefficient (Wildman–Crippen LogP) is 3.98. The van der Waals surface area contributed by atoms with Gasteiger partial charge in [-0.25, -0.2) is 4.79 Å². The molecule has 1 saturated carbocycles. The fourth-order valence-electron chi connectivity index (χ4n) is 3.54. The van der Waals surface area contributed by atoms with Gasteiger partial charge < -0.3 is 20.3 Å². The second-order valence-electron chi connectivity index (χ2n) is 7.57. The number of carbonyl (C=O) groups excluding carboxylic acids is 1. The lowest BCUT2D eigenvalue weighted by Crippen LogP contribution is -2.43. The number of rotatable bonds is 8. The predicted molar refractivity (Wildman–Crippen MR) is 113 cm³/mol.